The minimum Gasteiger partial charge on any atom is -0.386 e. The summed E-state index contributed by atoms with van der Waals surface area (Å²) in [5.41, 5.74) is -5.48. The third-order valence-electron chi connectivity index (χ3n) is 2.65. The van der Waals surface area contributed by atoms with Gasteiger partial charge < -0.3 is 4.74 Å². The quantitative estimate of drug-likeness (QED) is 0.390. The molecule has 1 aliphatic heterocycles. The van der Waals surface area contributed by atoms with Crippen LogP contribution >= 0.6 is 0 Å². The van der Waals surface area contributed by atoms with Gasteiger partial charge in [0.05, 0.1) is 0 Å². The van der Waals surface area contributed by atoms with Crippen LogP contribution < -0.4 is 0 Å². The molecule has 0 aromatic rings. The number of halogens is 8. The lowest BCUT2D eigenvalue weighted by Gasteiger charge is -2.40. The molecule has 106 valence electrons. The van der Waals surface area contributed by atoms with Crippen LogP contribution in [0.25, 0.3) is 0 Å². The van der Waals surface area contributed by atoms with Crippen molar-refractivity contribution in [3.63, 3.8) is 0 Å². The lowest BCUT2D eigenvalue weighted by molar-refractivity contribution is -0.356. The molecular weight excluding hydrogens is 296 g/mol. The van der Waals surface area contributed by atoms with Gasteiger partial charge in [-0.25, -0.2) is 9.59 Å². The number of hydrogen-bond acceptors (Lipinski definition) is 3. The summed E-state index contributed by atoms with van der Waals surface area (Å²) in [4.78, 5) is 21.5. The highest BCUT2D eigenvalue weighted by atomic mass is 19.4. The zero-order valence-corrected chi connectivity index (χ0v) is 8.25. The van der Waals surface area contributed by atoms with E-state index in [2.05, 4.69) is 4.74 Å². The van der Waals surface area contributed by atoms with E-state index in [9.17, 15) is 44.7 Å². The maximum atomic E-state index is 13.1. The molecule has 11 heteroatoms. The summed E-state index contributed by atoms with van der Waals surface area (Å²) in [6.45, 7) is 0. The highest BCUT2D eigenvalue weighted by molar-refractivity contribution is 6.15. The molecular formula is C8F8O3. The van der Waals surface area contributed by atoms with Gasteiger partial charge in [-0.15, -0.1) is 0 Å². The Labute approximate surface area is 97.4 Å². The van der Waals surface area contributed by atoms with Gasteiger partial charge in [-0.1, -0.05) is 0 Å². The summed E-state index contributed by atoms with van der Waals surface area (Å²) in [6.07, 6.45) is 0. The Kier molecular flexibility index (Phi) is 2.22. The molecule has 0 saturated heterocycles. The van der Waals surface area contributed by atoms with E-state index in [1.54, 1.807) is 0 Å². The van der Waals surface area contributed by atoms with Crippen LogP contribution in [0.4, 0.5) is 35.1 Å². The highest BCUT2D eigenvalue weighted by Gasteiger charge is 2.88. The van der Waals surface area contributed by atoms with Gasteiger partial charge in [0.25, 0.3) is 0 Å². The first-order valence-electron chi connectivity index (χ1n) is 4.33. The van der Waals surface area contributed by atoms with E-state index in [1.165, 1.54) is 0 Å². The molecule has 2 rings (SSSR count). The van der Waals surface area contributed by atoms with Crippen LogP contribution in [0.15, 0.2) is 11.1 Å². The number of carbonyl (C=O) groups is 2. The molecule has 0 saturated carbocycles. The van der Waals surface area contributed by atoms with Crippen molar-refractivity contribution in [2.75, 3.05) is 0 Å². The maximum absolute atomic E-state index is 13.1. The molecule has 19 heavy (non-hydrogen) atoms. The molecule has 0 bridgehead atoms. The van der Waals surface area contributed by atoms with Crippen LogP contribution in [0.2, 0.25) is 0 Å². The first-order chi connectivity index (χ1) is 8.30. The van der Waals surface area contributed by atoms with Crippen molar-refractivity contribution in [1.82, 2.24) is 0 Å². The minimum atomic E-state index is -6.56. The van der Waals surface area contributed by atoms with Gasteiger partial charge in [0.1, 0.15) is 11.1 Å². The van der Waals surface area contributed by atoms with Crippen molar-refractivity contribution in [1.29, 1.82) is 0 Å². The van der Waals surface area contributed by atoms with Gasteiger partial charge >= 0.3 is 35.6 Å². The van der Waals surface area contributed by atoms with Gasteiger partial charge in [0.2, 0.25) is 0 Å². The fraction of sp³-hybridized carbons (Fsp3) is 0.500. The van der Waals surface area contributed by atoms with Crippen molar-refractivity contribution in [2.24, 2.45) is 0 Å². The molecule has 0 amide bonds. The molecule has 1 aliphatic carbocycles. The zero-order chi connectivity index (χ0) is 15.0. The van der Waals surface area contributed by atoms with Gasteiger partial charge in [0.15, 0.2) is 0 Å². The summed E-state index contributed by atoms with van der Waals surface area (Å²) in [7, 11) is 0. The van der Waals surface area contributed by atoms with E-state index in [1.807, 2.05) is 0 Å². The van der Waals surface area contributed by atoms with Crippen LogP contribution in [0, 0.1) is 0 Å². The van der Waals surface area contributed by atoms with Crippen molar-refractivity contribution in [3.05, 3.63) is 11.1 Å². The summed E-state index contributed by atoms with van der Waals surface area (Å²) < 4.78 is 107. The monoisotopic (exact) mass is 296 g/mol. The van der Waals surface area contributed by atoms with E-state index in [4.69, 9.17) is 0 Å². The molecule has 0 fully saturated rings. The fourth-order valence-electron chi connectivity index (χ4n) is 1.67. The Bertz CT molecular complexity index is 486. The Balaban J connectivity index is 2.90. The summed E-state index contributed by atoms with van der Waals surface area (Å²) in [5, 5.41) is 0. The molecule has 0 aromatic heterocycles. The van der Waals surface area contributed by atoms with E-state index in [0.29, 0.717) is 0 Å². The lowest BCUT2D eigenvalue weighted by Crippen LogP contribution is -2.67. The molecule has 0 radical (unpaired) electrons. The number of carbonyl (C=O) groups excluding carboxylic acids is 2. The number of hydrogen-bond donors (Lipinski definition) is 0. The Hall–Kier alpha value is -1.68. The van der Waals surface area contributed by atoms with E-state index in [0.717, 1.165) is 0 Å². The second-order valence-corrected chi connectivity index (χ2v) is 3.72. The number of alkyl halides is 8. The topological polar surface area (TPSA) is 43.4 Å². The molecule has 0 aromatic carbocycles. The first-order valence-corrected chi connectivity index (χ1v) is 4.33. The van der Waals surface area contributed by atoms with Crippen molar-refractivity contribution < 1.29 is 49.4 Å². The molecule has 2 aliphatic rings. The van der Waals surface area contributed by atoms with Crippen LogP contribution in [0.5, 0.6) is 0 Å². The third kappa shape index (κ3) is 1.18. The molecule has 3 nitrogen and oxygen atoms in total. The third-order valence-corrected chi connectivity index (χ3v) is 2.65. The van der Waals surface area contributed by atoms with Crippen molar-refractivity contribution >= 4 is 11.9 Å². The SMILES string of the molecule is O=C1OC(=O)C2=C1C(F)(F)C(F)(F)C(F)(F)C2(F)F. The molecule has 0 N–H and O–H groups in total. The van der Waals surface area contributed by atoms with Crippen LogP contribution in [-0.2, 0) is 14.3 Å². The van der Waals surface area contributed by atoms with Crippen LogP contribution in [0.3, 0.4) is 0 Å². The molecule has 1 heterocycles. The average molecular weight is 296 g/mol. The maximum Gasteiger partial charge on any atom is 0.383 e. The Morgan fingerprint density at radius 2 is 0.895 bits per heavy atom. The molecule has 0 spiro atoms. The summed E-state index contributed by atoms with van der Waals surface area (Å²) in [5.74, 6) is -30.1. The summed E-state index contributed by atoms with van der Waals surface area (Å²) >= 11 is 0. The van der Waals surface area contributed by atoms with Crippen LogP contribution in [-0.4, -0.2) is 35.6 Å². The minimum absolute atomic E-state index is 2.50. The Morgan fingerprint density at radius 1 is 0.632 bits per heavy atom. The standard InChI is InChI=1S/C8F8O3/c9-5(10)1-2(4(18)19-3(1)17)6(11,12)8(15,16)7(5,13)14. The van der Waals surface area contributed by atoms with Gasteiger partial charge in [0, 0.05) is 0 Å². The average Bonchev–Trinajstić information content (AvgIpc) is 2.52. The number of ether oxygens (including phenoxy) is 1. The second kappa shape index (κ2) is 3.07. The lowest BCUT2D eigenvalue weighted by atomic mass is 9.81. The van der Waals surface area contributed by atoms with E-state index >= 15 is 0 Å². The number of esters is 2. The van der Waals surface area contributed by atoms with Gasteiger partial charge in [-0.3, -0.25) is 0 Å². The highest BCUT2D eigenvalue weighted by Crippen LogP contribution is 2.63. The Morgan fingerprint density at radius 3 is 1.16 bits per heavy atom. The zero-order valence-electron chi connectivity index (χ0n) is 8.25. The van der Waals surface area contributed by atoms with Crippen molar-refractivity contribution in [3.8, 4) is 0 Å². The predicted molar refractivity (Wildman–Crippen MR) is 37.9 cm³/mol. The smallest absolute Gasteiger partial charge is 0.383 e. The number of rotatable bonds is 0. The van der Waals surface area contributed by atoms with Gasteiger partial charge in [-0.05, 0) is 0 Å². The molecule has 0 unspecified atom stereocenters. The number of cyclic esters (lactones) is 2. The second-order valence-electron chi connectivity index (χ2n) is 3.72. The normalized spacial score (nSPS) is 30.1. The van der Waals surface area contributed by atoms with Gasteiger partial charge in [-0.2, -0.15) is 35.1 Å². The fourth-order valence-corrected chi connectivity index (χ4v) is 1.67. The van der Waals surface area contributed by atoms with E-state index in [-0.39, 0.29) is 0 Å². The molecule has 0 atom stereocenters. The van der Waals surface area contributed by atoms with Crippen molar-refractivity contribution in [2.45, 2.75) is 23.7 Å². The van der Waals surface area contributed by atoms with Crippen LogP contribution in [0.1, 0.15) is 0 Å². The van der Waals surface area contributed by atoms with E-state index < -0.39 is 46.8 Å². The largest absolute Gasteiger partial charge is 0.386 e. The first kappa shape index (κ1) is 13.7. The predicted octanol–water partition coefficient (Wildman–Crippen LogP) is 1.92. The summed E-state index contributed by atoms with van der Waals surface area (Å²) in [6, 6.07) is 0.